The first kappa shape index (κ1) is 15.6. The van der Waals surface area contributed by atoms with Gasteiger partial charge in [0.15, 0.2) is 0 Å². The van der Waals surface area contributed by atoms with Crippen LogP contribution in [-0.4, -0.2) is 18.4 Å². The van der Waals surface area contributed by atoms with Gasteiger partial charge in [-0.15, -0.1) is 0 Å². The molecule has 0 radical (unpaired) electrons. The van der Waals surface area contributed by atoms with E-state index in [1.54, 1.807) is 60.7 Å². The number of carbonyl (C=O) groups excluding carboxylic acids is 2. The molecule has 1 heterocycles. The largest absolute Gasteiger partial charge is 0.490 e. The number of hydrogen-bond donors (Lipinski definition) is 1. The highest BCUT2D eigenvalue weighted by atomic mass is 16.5. The van der Waals surface area contributed by atoms with Crippen LogP contribution in [0.4, 0.5) is 5.69 Å². The van der Waals surface area contributed by atoms with Crippen LogP contribution in [0.25, 0.3) is 6.08 Å². The molecule has 24 heavy (non-hydrogen) atoms. The zero-order chi connectivity index (χ0) is 16.9. The van der Waals surface area contributed by atoms with Crippen LogP contribution in [-0.2, 0) is 9.59 Å². The molecule has 2 amide bonds. The number of ether oxygens (including phenoxy) is 1. The van der Waals surface area contributed by atoms with E-state index in [0.29, 0.717) is 18.0 Å². The number of hydrogen-bond acceptors (Lipinski definition) is 3. The maximum Gasteiger partial charge on any atom is 0.282 e. The zero-order valence-corrected chi connectivity index (χ0v) is 12.9. The molecule has 2 aromatic carbocycles. The van der Waals surface area contributed by atoms with E-state index in [9.17, 15) is 9.59 Å². The quantitative estimate of drug-likeness (QED) is 0.523. The van der Waals surface area contributed by atoms with Crippen molar-refractivity contribution in [1.29, 1.82) is 0 Å². The molecule has 1 aliphatic heterocycles. The van der Waals surface area contributed by atoms with Gasteiger partial charge in [-0.3, -0.25) is 15.0 Å². The standard InChI is InChI=1S/C19H16N2O3/c1-2-12-24-16-10-8-14(9-11-16)13-17-18(22)20-21(19(17)23)15-6-4-3-5-7-15/h2-11,13H,1,12H2,(H,20,22)/b17-13-. The summed E-state index contributed by atoms with van der Waals surface area (Å²) >= 11 is 0. The van der Waals surface area contributed by atoms with E-state index in [1.165, 1.54) is 5.01 Å². The van der Waals surface area contributed by atoms with Crippen LogP contribution in [0, 0.1) is 0 Å². The zero-order valence-electron chi connectivity index (χ0n) is 12.9. The summed E-state index contributed by atoms with van der Waals surface area (Å²) in [7, 11) is 0. The Bertz CT molecular complexity index is 795. The number of amides is 2. The summed E-state index contributed by atoms with van der Waals surface area (Å²) in [6.45, 7) is 4.01. The van der Waals surface area contributed by atoms with Crippen molar-refractivity contribution in [3.63, 3.8) is 0 Å². The maximum atomic E-state index is 12.5. The molecule has 1 saturated heterocycles. The molecule has 0 aromatic heterocycles. The molecular weight excluding hydrogens is 304 g/mol. The Morgan fingerprint density at radius 2 is 1.75 bits per heavy atom. The van der Waals surface area contributed by atoms with Gasteiger partial charge in [0.25, 0.3) is 11.8 Å². The molecule has 3 rings (SSSR count). The molecule has 0 aliphatic carbocycles. The lowest BCUT2D eigenvalue weighted by Gasteiger charge is -2.13. The number of rotatable bonds is 5. The summed E-state index contributed by atoms with van der Waals surface area (Å²) in [6.07, 6.45) is 3.23. The van der Waals surface area contributed by atoms with E-state index < -0.39 is 5.91 Å². The highest BCUT2D eigenvalue weighted by Crippen LogP contribution is 2.22. The maximum absolute atomic E-state index is 12.5. The third-order valence-corrected chi connectivity index (χ3v) is 3.46. The number of carbonyl (C=O) groups is 2. The molecule has 0 atom stereocenters. The molecule has 120 valence electrons. The van der Waals surface area contributed by atoms with Crippen LogP contribution in [0.3, 0.4) is 0 Å². The molecule has 0 spiro atoms. The lowest BCUT2D eigenvalue weighted by molar-refractivity contribution is -0.117. The number of hydrazine groups is 1. The average molecular weight is 320 g/mol. The Hall–Kier alpha value is -3.34. The summed E-state index contributed by atoms with van der Waals surface area (Å²) < 4.78 is 5.40. The van der Waals surface area contributed by atoms with E-state index in [1.807, 2.05) is 6.07 Å². The molecule has 2 aromatic rings. The Kier molecular flexibility index (Phi) is 4.43. The van der Waals surface area contributed by atoms with Crippen molar-refractivity contribution in [2.45, 2.75) is 0 Å². The first-order chi connectivity index (χ1) is 11.7. The first-order valence-corrected chi connectivity index (χ1v) is 7.45. The summed E-state index contributed by atoms with van der Waals surface area (Å²) in [6, 6.07) is 16.1. The number of para-hydroxylation sites is 1. The van der Waals surface area contributed by atoms with Gasteiger partial charge in [0.05, 0.1) is 5.69 Å². The number of nitrogens with one attached hydrogen (secondary N) is 1. The van der Waals surface area contributed by atoms with Gasteiger partial charge in [-0.1, -0.05) is 43.0 Å². The second-order valence-corrected chi connectivity index (χ2v) is 5.14. The molecule has 5 nitrogen and oxygen atoms in total. The van der Waals surface area contributed by atoms with Crippen LogP contribution >= 0.6 is 0 Å². The van der Waals surface area contributed by atoms with Crippen LogP contribution < -0.4 is 15.2 Å². The second-order valence-electron chi connectivity index (χ2n) is 5.14. The summed E-state index contributed by atoms with van der Waals surface area (Å²) in [5.74, 6) is -0.0980. The van der Waals surface area contributed by atoms with Crippen LogP contribution in [0.5, 0.6) is 5.75 Å². The highest BCUT2D eigenvalue weighted by Gasteiger charge is 2.34. The van der Waals surface area contributed by atoms with Crippen molar-refractivity contribution < 1.29 is 14.3 Å². The summed E-state index contributed by atoms with van der Waals surface area (Å²) in [4.78, 5) is 24.6. The van der Waals surface area contributed by atoms with Crippen molar-refractivity contribution in [3.8, 4) is 5.75 Å². The fourth-order valence-electron chi connectivity index (χ4n) is 2.30. The average Bonchev–Trinajstić information content (AvgIpc) is 2.90. The molecule has 1 N–H and O–H groups in total. The van der Waals surface area contributed by atoms with Crippen LogP contribution in [0.15, 0.2) is 72.8 Å². The normalized spacial score (nSPS) is 15.5. The topological polar surface area (TPSA) is 58.6 Å². The lowest BCUT2D eigenvalue weighted by Crippen LogP contribution is -2.35. The van der Waals surface area contributed by atoms with E-state index in [4.69, 9.17) is 4.74 Å². The van der Waals surface area contributed by atoms with Crippen molar-refractivity contribution >= 4 is 23.6 Å². The molecule has 5 heteroatoms. The van der Waals surface area contributed by atoms with Gasteiger partial charge >= 0.3 is 0 Å². The fraction of sp³-hybridized carbons (Fsp3) is 0.0526. The minimum atomic E-state index is -0.421. The Morgan fingerprint density at radius 3 is 2.42 bits per heavy atom. The van der Waals surface area contributed by atoms with E-state index >= 15 is 0 Å². The van der Waals surface area contributed by atoms with E-state index in [2.05, 4.69) is 12.0 Å². The number of anilines is 1. The molecule has 1 fully saturated rings. The third-order valence-electron chi connectivity index (χ3n) is 3.46. The first-order valence-electron chi connectivity index (χ1n) is 7.45. The second kappa shape index (κ2) is 6.83. The number of nitrogens with zero attached hydrogens (tertiary/aromatic N) is 1. The smallest absolute Gasteiger partial charge is 0.282 e. The summed E-state index contributed by atoms with van der Waals surface area (Å²) in [5, 5.41) is 1.25. The lowest BCUT2D eigenvalue weighted by atomic mass is 10.1. The molecule has 0 bridgehead atoms. The van der Waals surface area contributed by atoms with Gasteiger partial charge < -0.3 is 4.74 Å². The van der Waals surface area contributed by atoms with Crippen molar-refractivity contribution in [2.75, 3.05) is 11.6 Å². The third kappa shape index (κ3) is 3.20. The Balaban J connectivity index is 1.81. The molecule has 0 unspecified atom stereocenters. The van der Waals surface area contributed by atoms with Gasteiger partial charge in [-0.05, 0) is 35.9 Å². The minimum absolute atomic E-state index is 0.0959. The minimum Gasteiger partial charge on any atom is -0.490 e. The molecular formula is C19H16N2O3. The van der Waals surface area contributed by atoms with Crippen LogP contribution in [0.2, 0.25) is 0 Å². The SMILES string of the molecule is C=CCOc1ccc(/C=C2/C(=O)NN(c3ccccc3)C2=O)cc1. The van der Waals surface area contributed by atoms with Crippen molar-refractivity contribution in [1.82, 2.24) is 5.43 Å². The monoisotopic (exact) mass is 320 g/mol. The van der Waals surface area contributed by atoms with Gasteiger partial charge in [0, 0.05) is 0 Å². The summed E-state index contributed by atoms with van der Waals surface area (Å²) in [5.41, 5.74) is 4.03. The predicted molar refractivity (Wildman–Crippen MR) is 92.2 cm³/mol. The van der Waals surface area contributed by atoms with E-state index in [0.717, 1.165) is 5.56 Å². The van der Waals surface area contributed by atoms with Gasteiger partial charge in [0.2, 0.25) is 0 Å². The van der Waals surface area contributed by atoms with E-state index in [-0.39, 0.29) is 11.5 Å². The van der Waals surface area contributed by atoms with Gasteiger partial charge in [-0.25, -0.2) is 5.01 Å². The molecule has 1 aliphatic rings. The van der Waals surface area contributed by atoms with Gasteiger partial charge in [-0.2, -0.15) is 0 Å². The Labute approximate surface area is 139 Å². The van der Waals surface area contributed by atoms with Crippen molar-refractivity contribution in [3.05, 3.63) is 78.4 Å². The highest BCUT2D eigenvalue weighted by molar-refractivity contribution is 6.31. The molecule has 0 saturated carbocycles. The number of benzene rings is 2. The van der Waals surface area contributed by atoms with Crippen LogP contribution in [0.1, 0.15) is 5.56 Å². The van der Waals surface area contributed by atoms with Crippen molar-refractivity contribution in [2.24, 2.45) is 0 Å². The van der Waals surface area contributed by atoms with Gasteiger partial charge in [0.1, 0.15) is 17.9 Å². The fourth-order valence-corrected chi connectivity index (χ4v) is 2.30. The predicted octanol–water partition coefficient (Wildman–Crippen LogP) is 2.71. The Morgan fingerprint density at radius 1 is 1.04 bits per heavy atom.